The Kier molecular flexibility index (Phi) is 3.23. The van der Waals surface area contributed by atoms with Gasteiger partial charge < -0.3 is 10.4 Å². The Hall–Kier alpha value is -0.0800. The molecular weight excluding hydrogens is 162 g/mol. The van der Waals surface area contributed by atoms with E-state index in [1.807, 2.05) is 0 Å². The standard InChI is InChI=1S/C11H21NO/c13-11-5-3-9(4-6-11)10-2-1-7-12-8-10/h9-13H,1-8H2. The first-order valence-corrected chi connectivity index (χ1v) is 5.75. The highest BCUT2D eigenvalue weighted by Crippen LogP contribution is 2.33. The number of nitrogens with one attached hydrogen (secondary N) is 1. The highest BCUT2D eigenvalue weighted by molar-refractivity contribution is 4.80. The molecule has 0 bridgehead atoms. The quantitative estimate of drug-likeness (QED) is 0.646. The van der Waals surface area contributed by atoms with E-state index in [0.717, 1.165) is 24.7 Å². The molecule has 1 aliphatic carbocycles. The maximum atomic E-state index is 9.41. The van der Waals surface area contributed by atoms with E-state index in [1.165, 1.54) is 38.8 Å². The monoisotopic (exact) mass is 183 g/mol. The summed E-state index contributed by atoms with van der Waals surface area (Å²) in [4.78, 5) is 0. The normalized spacial score (nSPS) is 41.8. The zero-order chi connectivity index (χ0) is 9.10. The fraction of sp³-hybridized carbons (Fsp3) is 1.00. The summed E-state index contributed by atoms with van der Waals surface area (Å²) in [6.07, 6.45) is 7.37. The number of aliphatic hydroxyl groups excluding tert-OH is 1. The van der Waals surface area contributed by atoms with Crippen molar-refractivity contribution in [2.45, 2.75) is 44.6 Å². The van der Waals surface area contributed by atoms with Gasteiger partial charge in [0.1, 0.15) is 0 Å². The maximum absolute atomic E-state index is 9.41. The summed E-state index contributed by atoms with van der Waals surface area (Å²) in [5.41, 5.74) is 0. The van der Waals surface area contributed by atoms with Crippen LogP contribution in [-0.4, -0.2) is 24.3 Å². The van der Waals surface area contributed by atoms with Gasteiger partial charge in [-0.05, 0) is 63.5 Å². The van der Waals surface area contributed by atoms with Gasteiger partial charge in [0.05, 0.1) is 6.10 Å². The van der Waals surface area contributed by atoms with Gasteiger partial charge in [-0.3, -0.25) is 0 Å². The topological polar surface area (TPSA) is 32.3 Å². The summed E-state index contributed by atoms with van der Waals surface area (Å²) in [5.74, 6) is 1.80. The van der Waals surface area contributed by atoms with Crippen LogP contribution in [0.1, 0.15) is 38.5 Å². The second-order valence-electron chi connectivity index (χ2n) is 4.68. The lowest BCUT2D eigenvalue weighted by Gasteiger charge is -2.34. The largest absolute Gasteiger partial charge is 0.393 e. The Morgan fingerprint density at radius 3 is 2.31 bits per heavy atom. The second-order valence-corrected chi connectivity index (χ2v) is 4.68. The lowest BCUT2D eigenvalue weighted by atomic mass is 9.76. The van der Waals surface area contributed by atoms with Gasteiger partial charge in [0.15, 0.2) is 0 Å². The van der Waals surface area contributed by atoms with E-state index < -0.39 is 0 Å². The lowest BCUT2D eigenvalue weighted by molar-refractivity contribution is 0.0851. The molecule has 1 unspecified atom stereocenters. The van der Waals surface area contributed by atoms with Gasteiger partial charge in [-0.1, -0.05) is 0 Å². The van der Waals surface area contributed by atoms with Crippen molar-refractivity contribution in [3.63, 3.8) is 0 Å². The molecular formula is C11H21NO. The molecule has 2 aliphatic rings. The van der Waals surface area contributed by atoms with Crippen molar-refractivity contribution < 1.29 is 5.11 Å². The summed E-state index contributed by atoms with van der Waals surface area (Å²) in [6.45, 7) is 2.44. The van der Waals surface area contributed by atoms with E-state index in [9.17, 15) is 5.11 Å². The summed E-state index contributed by atoms with van der Waals surface area (Å²) in [7, 11) is 0. The molecule has 0 aromatic rings. The van der Waals surface area contributed by atoms with Crippen LogP contribution in [0.5, 0.6) is 0 Å². The Labute approximate surface area is 80.7 Å². The summed E-state index contributed by atoms with van der Waals surface area (Å²) in [5, 5.41) is 12.9. The van der Waals surface area contributed by atoms with Gasteiger partial charge in [0.2, 0.25) is 0 Å². The highest BCUT2D eigenvalue weighted by Gasteiger charge is 2.27. The Balaban J connectivity index is 1.79. The third-order valence-electron chi connectivity index (χ3n) is 3.74. The third kappa shape index (κ3) is 2.44. The number of piperidine rings is 1. The smallest absolute Gasteiger partial charge is 0.0540 e. The number of rotatable bonds is 1. The van der Waals surface area contributed by atoms with Crippen LogP contribution in [-0.2, 0) is 0 Å². The van der Waals surface area contributed by atoms with Gasteiger partial charge in [-0.25, -0.2) is 0 Å². The van der Waals surface area contributed by atoms with Gasteiger partial charge in [-0.15, -0.1) is 0 Å². The van der Waals surface area contributed by atoms with Crippen molar-refractivity contribution in [1.82, 2.24) is 5.32 Å². The first kappa shape index (κ1) is 9.47. The fourth-order valence-electron chi connectivity index (χ4n) is 2.85. The molecule has 0 spiro atoms. The molecule has 0 amide bonds. The Morgan fingerprint density at radius 2 is 1.69 bits per heavy atom. The first-order chi connectivity index (χ1) is 6.36. The average molecular weight is 183 g/mol. The minimum Gasteiger partial charge on any atom is -0.393 e. The molecule has 2 rings (SSSR count). The molecule has 2 N–H and O–H groups in total. The van der Waals surface area contributed by atoms with Crippen LogP contribution in [0.15, 0.2) is 0 Å². The lowest BCUT2D eigenvalue weighted by Crippen LogP contribution is -2.36. The van der Waals surface area contributed by atoms with Crippen molar-refractivity contribution in [3.8, 4) is 0 Å². The molecule has 2 heteroatoms. The van der Waals surface area contributed by atoms with E-state index in [-0.39, 0.29) is 6.10 Å². The van der Waals surface area contributed by atoms with Crippen LogP contribution < -0.4 is 5.32 Å². The summed E-state index contributed by atoms with van der Waals surface area (Å²) >= 11 is 0. The molecule has 2 nitrogen and oxygen atoms in total. The predicted octanol–water partition coefficient (Wildman–Crippen LogP) is 1.54. The van der Waals surface area contributed by atoms with E-state index >= 15 is 0 Å². The molecule has 2 fully saturated rings. The van der Waals surface area contributed by atoms with Crippen molar-refractivity contribution in [2.75, 3.05) is 13.1 Å². The van der Waals surface area contributed by atoms with Gasteiger partial charge >= 0.3 is 0 Å². The van der Waals surface area contributed by atoms with Crippen molar-refractivity contribution in [2.24, 2.45) is 11.8 Å². The molecule has 0 aromatic heterocycles. The van der Waals surface area contributed by atoms with Gasteiger partial charge in [0.25, 0.3) is 0 Å². The summed E-state index contributed by atoms with van der Waals surface area (Å²) in [6, 6.07) is 0. The number of aliphatic hydroxyl groups is 1. The van der Waals surface area contributed by atoms with E-state index in [1.54, 1.807) is 0 Å². The fourth-order valence-corrected chi connectivity index (χ4v) is 2.85. The van der Waals surface area contributed by atoms with Crippen LogP contribution in [0.4, 0.5) is 0 Å². The van der Waals surface area contributed by atoms with Crippen molar-refractivity contribution in [1.29, 1.82) is 0 Å². The number of hydrogen-bond donors (Lipinski definition) is 2. The van der Waals surface area contributed by atoms with Gasteiger partial charge in [0, 0.05) is 0 Å². The summed E-state index contributed by atoms with van der Waals surface area (Å²) < 4.78 is 0. The first-order valence-electron chi connectivity index (χ1n) is 5.75. The molecule has 1 saturated heterocycles. The van der Waals surface area contributed by atoms with Crippen molar-refractivity contribution in [3.05, 3.63) is 0 Å². The van der Waals surface area contributed by atoms with Gasteiger partial charge in [-0.2, -0.15) is 0 Å². The molecule has 1 aliphatic heterocycles. The molecule has 0 aromatic carbocycles. The Bertz CT molecular complexity index is 146. The molecule has 76 valence electrons. The van der Waals surface area contributed by atoms with E-state index in [0.29, 0.717) is 0 Å². The Morgan fingerprint density at radius 1 is 0.923 bits per heavy atom. The zero-order valence-corrected chi connectivity index (χ0v) is 8.34. The van der Waals surface area contributed by atoms with Crippen LogP contribution in [0, 0.1) is 11.8 Å². The van der Waals surface area contributed by atoms with Crippen molar-refractivity contribution >= 4 is 0 Å². The third-order valence-corrected chi connectivity index (χ3v) is 3.74. The van der Waals surface area contributed by atoms with Crippen LogP contribution >= 0.6 is 0 Å². The number of hydrogen-bond acceptors (Lipinski definition) is 2. The minimum atomic E-state index is 0.00722. The second kappa shape index (κ2) is 4.43. The molecule has 1 saturated carbocycles. The minimum absolute atomic E-state index is 0.00722. The van der Waals surface area contributed by atoms with Crippen LogP contribution in [0.3, 0.4) is 0 Å². The molecule has 1 heterocycles. The highest BCUT2D eigenvalue weighted by atomic mass is 16.3. The molecule has 13 heavy (non-hydrogen) atoms. The molecule has 1 atom stereocenters. The van der Waals surface area contributed by atoms with E-state index in [4.69, 9.17) is 0 Å². The predicted molar refractivity (Wildman–Crippen MR) is 53.6 cm³/mol. The van der Waals surface area contributed by atoms with Crippen LogP contribution in [0.25, 0.3) is 0 Å². The maximum Gasteiger partial charge on any atom is 0.0540 e. The van der Waals surface area contributed by atoms with E-state index in [2.05, 4.69) is 5.32 Å². The average Bonchev–Trinajstić information content (AvgIpc) is 2.20. The zero-order valence-electron chi connectivity index (χ0n) is 8.34. The van der Waals surface area contributed by atoms with Crippen LogP contribution in [0.2, 0.25) is 0 Å². The SMILES string of the molecule is OC1CCC(C2CCCNC2)CC1. The molecule has 0 radical (unpaired) electrons.